The zero-order valence-corrected chi connectivity index (χ0v) is 12.4. The minimum atomic E-state index is -0.806. The summed E-state index contributed by atoms with van der Waals surface area (Å²) in [6, 6.07) is -0.403. The lowest BCUT2D eigenvalue weighted by Gasteiger charge is -2.40. The molecule has 0 aromatic rings. The van der Waals surface area contributed by atoms with Crippen LogP contribution in [0.4, 0.5) is 4.79 Å². The van der Waals surface area contributed by atoms with Gasteiger partial charge in [-0.05, 0) is 19.8 Å². The van der Waals surface area contributed by atoms with E-state index >= 15 is 0 Å². The highest BCUT2D eigenvalue weighted by atomic mass is 16.5. The molecule has 0 aliphatic carbocycles. The van der Waals surface area contributed by atoms with Gasteiger partial charge in [-0.1, -0.05) is 0 Å². The first-order valence-electron chi connectivity index (χ1n) is 7.71. The Bertz CT molecular complexity index is 410. The number of urea groups is 1. The molecule has 0 saturated carbocycles. The Labute approximate surface area is 124 Å². The summed E-state index contributed by atoms with van der Waals surface area (Å²) in [5.41, 5.74) is 0. The van der Waals surface area contributed by atoms with Crippen LogP contribution in [0.3, 0.4) is 0 Å². The average molecular weight is 297 g/mol. The SMILES string of the molecule is CC(C(=O)O)N1CCN(C(=O)N2CC3CCC(C2)O3)CC1. The summed E-state index contributed by atoms with van der Waals surface area (Å²) < 4.78 is 5.75. The molecule has 0 aromatic carbocycles. The topological polar surface area (TPSA) is 73.3 Å². The van der Waals surface area contributed by atoms with Crippen LogP contribution < -0.4 is 0 Å². The molecule has 2 bridgehead atoms. The Morgan fingerprint density at radius 2 is 1.62 bits per heavy atom. The molecular formula is C14H23N3O4. The highest BCUT2D eigenvalue weighted by molar-refractivity contribution is 5.75. The Morgan fingerprint density at radius 3 is 2.14 bits per heavy atom. The van der Waals surface area contributed by atoms with Crippen LogP contribution in [0.1, 0.15) is 19.8 Å². The summed E-state index contributed by atoms with van der Waals surface area (Å²) in [6.45, 7) is 5.53. The second-order valence-corrected chi connectivity index (χ2v) is 6.18. The molecule has 3 saturated heterocycles. The highest BCUT2D eigenvalue weighted by Gasteiger charge is 2.38. The van der Waals surface area contributed by atoms with E-state index in [2.05, 4.69) is 0 Å². The van der Waals surface area contributed by atoms with Gasteiger partial charge >= 0.3 is 12.0 Å². The van der Waals surface area contributed by atoms with Crippen molar-refractivity contribution < 1.29 is 19.4 Å². The van der Waals surface area contributed by atoms with Gasteiger partial charge in [-0.2, -0.15) is 0 Å². The Hall–Kier alpha value is -1.34. The molecule has 7 nitrogen and oxygen atoms in total. The minimum absolute atomic E-state index is 0.0813. The number of carbonyl (C=O) groups is 2. The lowest BCUT2D eigenvalue weighted by Crippen LogP contribution is -2.57. The number of likely N-dealkylation sites (tertiary alicyclic amines) is 1. The maximum Gasteiger partial charge on any atom is 0.320 e. The van der Waals surface area contributed by atoms with E-state index in [4.69, 9.17) is 9.84 Å². The molecule has 3 aliphatic rings. The smallest absolute Gasteiger partial charge is 0.320 e. The summed E-state index contributed by atoms with van der Waals surface area (Å²) in [5.74, 6) is -0.806. The molecule has 0 spiro atoms. The maximum absolute atomic E-state index is 12.5. The number of piperazine rings is 1. The van der Waals surface area contributed by atoms with Crippen molar-refractivity contribution in [1.82, 2.24) is 14.7 Å². The maximum atomic E-state index is 12.5. The van der Waals surface area contributed by atoms with E-state index in [1.165, 1.54) is 0 Å². The third-order valence-corrected chi connectivity index (χ3v) is 4.80. The van der Waals surface area contributed by atoms with Crippen LogP contribution in [0.2, 0.25) is 0 Å². The summed E-state index contributed by atoms with van der Waals surface area (Å²) in [4.78, 5) is 29.2. The number of hydrogen-bond donors (Lipinski definition) is 1. The number of amides is 2. The first kappa shape index (κ1) is 14.6. The van der Waals surface area contributed by atoms with Crippen LogP contribution >= 0.6 is 0 Å². The number of fused-ring (bicyclic) bond motifs is 2. The van der Waals surface area contributed by atoms with Crippen LogP contribution in [0.25, 0.3) is 0 Å². The van der Waals surface area contributed by atoms with Gasteiger partial charge in [0.15, 0.2) is 0 Å². The monoisotopic (exact) mass is 297 g/mol. The van der Waals surface area contributed by atoms with Gasteiger partial charge in [0.05, 0.1) is 12.2 Å². The number of morpholine rings is 1. The second-order valence-electron chi connectivity index (χ2n) is 6.18. The highest BCUT2D eigenvalue weighted by Crippen LogP contribution is 2.27. The van der Waals surface area contributed by atoms with Crippen molar-refractivity contribution in [1.29, 1.82) is 0 Å². The van der Waals surface area contributed by atoms with E-state index in [0.29, 0.717) is 39.3 Å². The standard InChI is InChI=1S/C14H23N3O4/c1-10(13(18)19)15-4-6-16(7-5-15)14(20)17-8-11-2-3-12(9-17)21-11/h10-12H,2-9H2,1H3,(H,18,19). The van der Waals surface area contributed by atoms with Crippen molar-refractivity contribution >= 4 is 12.0 Å². The summed E-state index contributed by atoms with van der Waals surface area (Å²) in [6.07, 6.45) is 2.53. The largest absolute Gasteiger partial charge is 0.480 e. The lowest BCUT2D eigenvalue weighted by atomic mass is 10.2. The summed E-state index contributed by atoms with van der Waals surface area (Å²) >= 11 is 0. The minimum Gasteiger partial charge on any atom is -0.480 e. The molecule has 3 atom stereocenters. The number of ether oxygens (including phenoxy) is 1. The predicted octanol–water partition coefficient (Wildman–Crippen LogP) is 0.0603. The van der Waals surface area contributed by atoms with E-state index < -0.39 is 12.0 Å². The number of carbonyl (C=O) groups excluding carboxylic acids is 1. The van der Waals surface area contributed by atoms with Crippen LogP contribution in [0.5, 0.6) is 0 Å². The van der Waals surface area contributed by atoms with Crippen LogP contribution in [-0.4, -0.2) is 89.3 Å². The van der Waals surface area contributed by atoms with E-state index in [-0.39, 0.29) is 18.2 Å². The zero-order valence-electron chi connectivity index (χ0n) is 12.4. The third-order valence-electron chi connectivity index (χ3n) is 4.80. The fraction of sp³-hybridized carbons (Fsp3) is 0.857. The van der Waals surface area contributed by atoms with E-state index in [0.717, 1.165) is 12.8 Å². The van der Waals surface area contributed by atoms with E-state index in [1.54, 1.807) is 6.92 Å². The number of aliphatic carboxylic acids is 1. The van der Waals surface area contributed by atoms with Crippen molar-refractivity contribution in [3.63, 3.8) is 0 Å². The van der Waals surface area contributed by atoms with Crippen molar-refractivity contribution in [3.8, 4) is 0 Å². The van der Waals surface area contributed by atoms with Gasteiger partial charge < -0.3 is 19.6 Å². The van der Waals surface area contributed by atoms with E-state index in [1.807, 2.05) is 14.7 Å². The molecule has 0 radical (unpaired) electrons. The quantitative estimate of drug-likeness (QED) is 0.780. The normalized spacial score (nSPS) is 31.3. The van der Waals surface area contributed by atoms with Crippen molar-refractivity contribution in [3.05, 3.63) is 0 Å². The number of rotatable bonds is 2. The second kappa shape index (κ2) is 5.81. The fourth-order valence-electron chi connectivity index (χ4n) is 3.43. The number of nitrogens with zero attached hydrogens (tertiary/aromatic N) is 3. The first-order valence-corrected chi connectivity index (χ1v) is 7.71. The number of carboxylic acid groups (broad SMARTS) is 1. The van der Waals surface area contributed by atoms with Gasteiger partial charge in [0.25, 0.3) is 0 Å². The molecule has 3 heterocycles. The van der Waals surface area contributed by atoms with Crippen LogP contribution in [0, 0.1) is 0 Å². The lowest BCUT2D eigenvalue weighted by molar-refractivity contribution is -0.143. The molecule has 3 rings (SSSR count). The Kier molecular flexibility index (Phi) is 4.03. The van der Waals surface area contributed by atoms with Crippen molar-refractivity contribution in [2.24, 2.45) is 0 Å². The van der Waals surface area contributed by atoms with Crippen molar-refractivity contribution in [2.45, 2.75) is 38.0 Å². The van der Waals surface area contributed by atoms with Crippen molar-refractivity contribution in [2.75, 3.05) is 39.3 Å². The number of carboxylic acids is 1. The van der Waals surface area contributed by atoms with Gasteiger partial charge in [-0.15, -0.1) is 0 Å². The van der Waals surface area contributed by atoms with Crippen LogP contribution in [0.15, 0.2) is 0 Å². The van der Waals surface area contributed by atoms with Gasteiger partial charge in [0.2, 0.25) is 0 Å². The predicted molar refractivity (Wildman–Crippen MR) is 75.1 cm³/mol. The molecule has 1 N–H and O–H groups in total. The molecule has 0 aromatic heterocycles. The Morgan fingerprint density at radius 1 is 1.05 bits per heavy atom. The zero-order chi connectivity index (χ0) is 15.0. The molecule has 3 aliphatic heterocycles. The fourth-order valence-corrected chi connectivity index (χ4v) is 3.43. The molecule has 3 fully saturated rings. The summed E-state index contributed by atoms with van der Waals surface area (Å²) in [7, 11) is 0. The first-order chi connectivity index (χ1) is 10.0. The molecular weight excluding hydrogens is 274 g/mol. The van der Waals surface area contributed by atoms with E-state index in [9.17, 15) is 9.59 Å². The van der Waals surface area contributed by atoms with Crippen LogP contribution in [-0.2, 0) is 9.53 Å². The van der Waals surface area contributed by atoms with Gasteiger partial charge in [-0.25, -0.2) is 4.79 Å². The molecule has 21 heavy (non-hydrogen) atoms. The van der Waals surface area contributed by atoms with Gasteiger partial charge in [0.1, 0.15) is 6.04 Å². The molecule has 3 unspecified atom stereocenters. The number of hydrogen-bond acceptors (Lipinski definition) is 4. The molecule has 2 amide bonds. The third kappa shape index (κ3) is 2.98. The average Bonchev–Trinajstić information content (AvgIpc) is 2.84. The summed E-state index contributed by atoms with van der Waals surface area (Å²) in [5, 5.41) is 9.03. The Balaban J connectivity index is 1.52. The van der Waals surface area contributed by atoms with Gasteiger partial charge in [-0.3, -0.25) is 9.69 Å². The molecule has 7 heteroatoms. The molecule has 118 valence electrons. The van der Waals surface area contributed by atoms with Gasteiger partial charge in [0, 0.05) is 39.3 Å².